The van der Waals surface area contributed by atoms with E-state index in [9.17, 15) is 22.8 Å². The van der Waals surface area contributed by atoms with Crippen LogP contribution in [-0.4, -0.2) is 41.2 Å². The summed E-state index contributed by atoms with van der Waals surface area (Å²) in [7, 11) is 3.23. The Kier molecular flexibility index (Phi) is 6.05. The lowest BCUT2D eigenvalue weighted by atomic mass is 10.2. The van der Waals surface area contributed by atoms with Gasteiger partial charge in [0.2, 0.25) is 5.91 Å². The van der Waals surface area contributed by atoms with Crippen molar-refractivity contribution in [1.82, 2.24) is 29.3 Å². The van der Waals surface area contributed by atoms with Crippen molar-refractivity contribution in [3.8, 4) is 0 Å². The van der Waals surface area contributed by atoms with Gasteiger partial charge in [0.1, 0.15) is 11.7 Å². The molecule has 3 rings (SSSR count). The Bertz CT molecular complexity index is 1190. The number of carbonyl (C=O) groups excluding carboxylic acids is 2. The Morgan fingerprint density at radius 3 is 2.16 bits per heavy atom. The van der Waals surface area contributed by atoms with E-state index in [0.29, 0.717) is 11.4 Å². The number of hydrogen-bond donors (Lipinski definition) is 2. The lowest BCUT2D eigenvalue weighted by Crippen LogP contribution is -2.27. The van der Waals surface area contributed by atoms with Crippen LogP contribution in [-0.2, 0) is 25.1 Å². The SMILES string of the molecule is Cc1c(NC(=O)c2c(NC(=O)C(C)n3nc(C(F)(F)F)c(Cl)c3C)cnn2C)cnn1C. The summed E-state index contributed by atoms with van der Waals surface area (Å²) in [5, 5.41) is 16.1. The van der Waals surface area contributed by atoms with E-state index < -0.39 is 34.7 Å². The summed E-state index contributed by atoms with van der Waals surface area (Å²) in [5.74, 6) is -1.26. The average molecular weight is 473 g/mol. The molecule has 32 heavy (non-hydrogen) atoms. The number of aryl methyl sites for hydroxylation is 2. The van der Waals surface area contributed by atoms with Crippen molar-refractivity contribution in [2.75, 3.05) is 10.6 Å². The second kappa shape index (κ2) is 8.30. The molecule has 0 saturated heterocycles. The molecule has 2 N–H and O–H groups in total. The minimum Gasteiger partial charge on any atom is -0.321 e. The number of halogens is 4. The van der Waals surface area contributed by atoms with Crippen LogP contribution in [0, 0.1) is 13.8 Å². The van der Waals surface area contributed by atoms with Crippen LogP contribution in [0.15, 0.2) is 12.4 Å². The van der Waals surface area contributed by atoms with E-state index in [2.05, 4.69) is 25.9 Å². The molecule has 0 fully saturated rings. The monoisotopic (exact) mass is 472 g/mol. The van der Waals surface area contributed by atoms with Crippen molar-refractivity contribution in [2.45, 2.75) is 33.0 Å². The summed E-state index contributed by atoms with van der Waals surface area (Å²) in [5.41, 5.74) is 0.0230. The fourth-order valence-electron chi connectivity index (χ4n) is 3.01. The van der Waals surface area contributed by atoms with E-state index in [1.54, 1.807) is 18.7 Å². The molecule has 0 aliphatic carbocycles. The van der Waals surface area contributed by atoms with Gasteiger partial charge in [-0.25, -0.2) is 0 Å². The third kappa shape index (κ3) is 4.20. The molecular weight excluding hydrogens is 453 g/mol. The molecule has 3 aromatic rings. The van der Waals surface area contributed by atoms with Gasteiger partial charge in [-0.2, -0.15) is 28.5 Å². The number of nitrogens with one attached hydrogen (secondary N) is 2. The molecule has 0 bridgehead atoms. The van der Waals surface area contributed by atoms with Crippen molar-refractivity contribution < 1.29 is 22.8 Å². The molecular formula is C18H20ClF3N8O2. The van der Waals surface area contributed by atoms with Crippen LogP contribution >= 0.6 is 11.6 Å². The van der Waals surface area contributed by atoms with E-state index in [0.717, 1.165) is 4.68 Å². The molecule has 14 heteroatoms. The van der Waals surface area contributed by atoms with Crippen molar-refractivity contribution in [3.63, 3.8) is 0 Å². The fraction of sp³-hybridized carbons (Fsp3) is 0.389. The lowest BCUT2D eigenvalue weighted by molar-refractivity contribution is -0.141. The molecule has 172 valence electrons. The minimum atomic E-state index is -4.76. The number of nitrogens with zero attached hydrogens (tertiary/aromatic N) is 6. The minimum absolute atomic E-state index is 0.0159. The van der Waals surface area contributed by atoms with Crippen LogP contribution in [0.5, 0.6) is 0 Å². The Morgan fingerprint density at radius 2 is 1.62 bits per heavy atom. The first-order valence-electron chi connectivity index (χ1n) is 9.27. The van der Waals surface area contributed by atoms with Crippen molar-refractivity contribution in [2.24, 2.45) is 14.1 Å². The maximum Gasteiger partial charge on any atom is 0.436 e. The van der Waals surface area contributed by atoms with E-state index in [-0.39, 0.29) is 17.1 Å². The van der Waals surface area contributed by atoms with Crippen LogP contribution < -0.4 is 10.6 Å². The smallest absolute Gasteiger partial charge is 0.321 e. The lowest BCUT2D eigenvalue weighted by Gasteiger charge is -2.15. The maximum absolute atomic E-state index is 13.1. The Labute approximate surface area is 185 Å². The number of aromatic nitrogens is 6. The number of alkyl halides is 3. The van der Waals surface area contributed by atoms with Gasteiger partial charge in [-0.1, -0.05) is 11.6 Å². The molecule has 2 amide bonds. The second-order valence-electron chi connectivity index (χ2n) is 7.11. The highest BCUT2D eigenvalue weighted by Gasteiger charge is 2.39. The topological polar surface area (TPSA) is 112 Å². The van der Waals surface area contributed by atoms with Crippen LogP contribution in [0.2, 0.25) is 5.02 Å². The van der Waals surface area contributed by atoms with Crippen LogP contribution in [0.25, 0.3) is 0 Å². The fourth-order valence-corrected chi connectivity index (χ4v) is 3.24. The third-order valence-electron chi connectivity index (χ3n) is 4.99. The Morgan fingerprint density at radius 1 is 1.03 bits per heavy atom. The van der Waals surface area contributed by atoms with Crippen LogP contribution in [0.4, 0.5) is 24.5 Å². The van der Waals surface area contributed by atoms with Crippen molar-refractivity contribution in [3.05, 3.63) is 40.2 Å². The van der Waals surface area contributed by atoms with E-state index in [1.807, 2.05) is 0 Å². The normalized spacial score (nSPS) is 12.7. The highest BCUT2D eigenvalue weighted by atomic mass is 35.5. The molecule has 3 heterocycles. The summed E-state index contributed by atoms with van der Waals surface area (Å²) in [6.07, 6.45) is -2.02. The molecule has 0 spiro atoms. The van der Waals surface area contributed by atoms with Gasteiger partial charge >= 0.3 is 6.18 Å². The predicted molar refractivity (Wildman–Crippen MR) is 109 cm³/mol. The zero-order chi connectivity index (χ0) is 24.0. The van der Waals surface area contributed by atoms with Gasteiger partial charge in [0.25, 0.3) is 5.91 Å². The van der Waals surface area contributed by atoms with Crippen LogP contribution in [0.3, 0.4) is 0 Å². The average Bonchev–Trinajstić information content (AvgIpc) is 3.33. The molecule has 0 aromatic carbocycles. The largest absolute Gasteiger partial charge is 0.436 e. The summed E-state index contributed by atoms with van der Waals surface area (Å²) in [4.78, 5) is 25.5. The highest BCUT2D eigenvalue weighted by molar-refractivity contribution is 6.32. The molecule has 1 unspecified atom stereocenters. The number of rotatable bonds is 5. The van der Waals surface area contributed by atoms with E-state index in [1.165, 1.54) is 38.0 Å². The van der Waals surface area contributed by atoms with Gasteiger partial charge in [-0.15, -0.1) is 0 Å². The van der Waals surface area contributed by atoms with Gasteiger partial charge in [-0.3, -0.25) is 23.6 Å². The molecule has 0 aliphatic heterocycles. The third-order valence-corrected chi connectivity index (χ3v) is 5.44. The van der Waals surface area contributed by atoms with Crippen molar-refractivity contribution >= 4 is 34.8 Å². The molecule has 0 radical (unpaired) electrons. The summed E-state index contributed by atoms with van der Waals surface area (Å²) in [6.45, 7) is 4.46. The van der Waals surface area contributed by atoms with Gasteiger partial charge < -0.3 is 10.6 Å². The Balaban J connectivity index is 1.84. The van der Waals surface area contributed by atoms with Gasteiger partial charge in [0.05, 0.1) is 40.2 Å². The first kappa shape index (κ1) is 23.3. The zero-order valence-electron chi connectivity index (χ0n) is 17.7. The number of carbonyl (C=O) groups is 2. The summed E-state index contributed by atoms with van der Waals surface area (Å²) in [6, 6.07) is -1.15. The maximum atomic E-state index is 13.1. The molecule has 0 aliphatic rings. The first-order chi connectivity index (χ1) is 14.8. The quantitative estimate of drug-likeness (QED) is 0.592. The summed E-state index contributed by atoms with van der Waals surface area (Å²) < 4.78 is 43.0. The summed E-state index contributed by atoms with van der Waals surface area (Å²) >= 11 is 5.76. The number of amides is 2. The number of anilines is 2. The van der Waals surface area contributed by atoms with Gasteiger partial charge in [-0.05, 0) is 20.8 Å². The molecule has 0 saturated carbocycles. The number of hydrogen-bond acceptors (Lipinski definition) is 5. The van der Waals surface area contributed by atoms with E-state index in [4.69, 9.17) is 11.6 Å². The van der Waals surface area contributed by atoms with Crippen molar-refractivity contribution in [1.29, 1.82) is 0 Å². The predicted octanol–water partition coefficient (Wildman–Crippen LogP) is 3.09. The van der Waals surface area contributed by atoms with Gasteiger partial charge in [0, 0.05) is 14.1 Å². The molecule has 1 atom stereocenters. The molecule has 3 aromatic heterocycles. The standard InChI is InChI=1S/C18H20ClF3N8O2/c1-8-11(6-23-28(8)4)25-17(32)14-12(7-24-29(14)5)26-16(31)10(3)30-9(2)13(19)15(27-30)18(20,21)22/h6-7,10H,1-5H3,(H,25,32)(H,26,31). The molecule has 10 nitrogen and oxygen atoms in total. The second-order valence-corrected chi connectivity index (χ2v) is 7.49. The van der Waals surface area contributed by atoms with E-state index >= 15 is 0 Å². The van der Waals surface area contributed by atoms with Crippen LogP contribution in [0.1, 0.15) is 40.5 Å². The first-order valence-corrected chi connectivity index (χ1v) is 9.65. The van der Waals surface area contributed by atoms with Gasteiger partial charge in [0.15, 0.2) is 5.69 Å². The zero-order valence-corrected chi connectivity index (χ0v) is 18.5. The Hall–Kier alpha value is -3.35. The highest BCUT2D eigenvalue weighted by Crippen LogP contribution is 2.36.